The summed E-state index contributed by atoms with van der Waals surface area (Å²) >= 11 is 1.36. The Labute approximate surface area is 91.0 Å². The van der Waals surface area contributed by atoms with Gasteiger partial charge in [0.25, 0.3) is 0 Å². The van der Waals surface area contributed by atoms with Gasteiger partial charge in [0, 0.05) is 26.1 Å². The normalized spacial score (nSPS) is 21.3. The van der Waals surface area contributed by atoms with Gasteiger partial charge in [-0.3, -0.25) is 9.69 Å². The number of hydrogen-bond donors (Lipinski definition) is 1. The van der Waals surface area contributed by atoms with Gasteiger partial charge in [0.2, 0.25) is 11.0 Å². The molecule has 1 saturated heterocycles. The number of carbonyl (C=O) groups excluding carboxylic acids is 1. The van der Waals surface area contributed by atoms with Crippen LogP contribution in [0.3, 0.4) is 0 Å². The van der Waals surface area contributed by atoms with Crippen molar-refractivity contribution in [2.24, 2.45) is 5.73 Å². The van der Waals surface area contributed by atoms with Gasteiger partial charge in [-0.15, -0.1) is 10.2 Å². The second kappa shape index (κ2) is 4.21. The van der Waals surface area contributed by atoms with E-state index in [1.807, 2.05) is 0 Å². The molecule has 0 aliphatic carbocycles. The van der Waals surface area contributed by atoms with Crippen LogP contribution in [0.25, 0.3) is 0 Å². The van der Waals surface area contributed by atoms with E-state index in [1.54, 1.807) is 12.0 Å². The fourth-order valence-corrected chi connectivity index (χ4v) is 2.29. The summed E-state index contributed by atoms with van der Waals surface area (Å²) in [5.74, 6) is 0.0163. The number of nitrogens with two attached hydrogens (primary N) is 1. The fourth-order valence-electron chi connectivity index (χ4n) is 1.46. The largest absolute Gasteiger partial charge is 0.377 e. The van der Waals surface area contributed by atoms with E-state index in [1.165, 1.54) is 11.3 Å². The summed E-state index contributed by atoms with van der Waals surface area (Å²) in [6.45, 7) is 0.951. The zero-order valence-corrected chi connectivity index (χ0v) is 9.16. The van der Waals surface area contributed by atoms with Crippen LogP contribution in [0, 0.1) is 0 Å². The van der Waals surface area contributed by atoms with E-state index in [9.17, 15) is 4.79 Å². The van der Waals surface area contributed by atoms with Gasteiger partial charge < -0.3 is 10.5 Å². The number of hydrogen-bond acceptors (Lipinski definition) is 6. The number of amides is 1. The van der Waals surface area contributed by atoms with Gasteiger partial charge in [-0.2, -0.15) is 0 Å². The van der Waals surface area contributed by atoms with E-state index in [2.05, 4.69) is 10.2 Å². The highest BCUT2D eigenvalue weighted by molar-refractivity contribution is 7.15. The molecule has 82 valence electrons. The minimum Gasteiger partial charge on any atom is -0.377 e. The highest BCUT2D eigenvalue weighted by Crippen LogP contribution is 2.24. The van der Waals surface area contributed by atoms with Crippen LogP contribution in [-0.4, -0.2) is 35.8 Å². The quantitative estimate of drug-likeness (QED) is 0.771. The Morgan fingerprint density at radius 2 is 2.47 bits per heavy atom. The molecule has 1 amide bonds. The molecule has 2 N–H and O–H groups in total. The first-order chi connectivity index (χ1) is 7.20. The molecular formula is C8H12N4O2S. The van der Waals surface area contributed by atoms with E-state index in [0.29, 0.717) is 24.7 Å². The third-order valence-electron chi connectivity index (χ3n) is 2.11. The molecule has 1 atom stereocenters. The molecule has 15 heavy (non-hydrogen) atoms. The summed E-state index contributed by atoms with van der Waals surface area (Å²) in [6, 6.07) is -0.0905. The highest BCUT2D eigenvalue weighted by Gasteiger charge is 2.30. The lowest BCUT2D eigenvalue weighted by Crippen LogP contribution is -2.27. The Morgan fingerprint density at radius 3 is 3.07 bits per heavy atom. The Kier molecular flexibility index (Phi) is 2.94. The number of methoxy groups -OCH3 is 1. The molecule has 1 aliphatic heterocycles. The first-order valence-electron chi connectivity index (χ1n) is 4.58. The lowest BCUT2D eigenvalue weighted by molar-refractivity contribution is -0.117. The van der Waals surface area contributed by atoms with Crippen molar-refractivity contribution in [3.8, 4) is 0 Å². The molecule has 7 heteroatoms. The van der Waals surface area contributed by atoms with Crippen LogP contribution < -0.4 is 10.6 Å². The number of anilines is 1. The minimum absolute atomic E-state index is 0.0163. The molecular weight excluding hydrogens is 216 g/mol. The summed E-state index contributed by atoms with van der Waals surface area (Å²) in [4.78, 5) is 13.1. The minimum atomic E-state index is -0.0905. The van der Waals surface area contributed by atoms with E-state index in [-0.39, 0.29) is 11.9 Å². The van der Waals surface area contributed by atoms with Crippen LogP contribution in [0.4, 0.5) is 5.13 Å². The Morgan fingerprint density at radius 1 is 1.67 bits per heavy atom. The third-order valence-corrected chi connectivity index (χ3v) is 3.03. The Hall–Kier alpha value is -1.05. The molecule has 6 nitrogen and oxygen atoms in total. The summed E-state index contributed by atoms with van der Waals surface area (Å²) in [7, 11) is 1.60. The molecule has 2 heterocycles. The smallest absolute Gasteiger partial charge is 0.230 e. The number of aromatic nitrogens is 2. The molecule has 1 aromatic rings. The second-order valence-electron chi connectivity index (χ2n) is 3.38. The van der Waals surface area contributed by atoms with Gasteiger partial charge >= 0.3 is 0 Å². The van der Waals surface area contributed by atoms with Crippen molar-refractivity contribution in [3.63, 3.8) is 0 Å². The summed E-state index contributed by atoms with van der Waals surface area (Å²) in [5.41, 5.74) is 5.69. The predicted octanol–water partition coefficient (Wildman–Crippen LogP) is -0.252. The van der Waals surface area contributed by atoms with Crippen molar-refractivity contribution in [1.82, 2.24) is 10.2 Å². The van der Waals surface area contributed by atoms with E-state index in [0.717, 1.165) is 5.01 Å². The van der Waals surface area contributed by atoms with Crippen LogP contribution in [0.15, 0.2) is 0 Å². The molecule has 1 aliphatic rings. The average molecular weight is 228 g/mol. The van der Waals surface area contributed by atoms with Crippen LogP contribution in [0.1, 0.15) is 11.4 Å². The monoisotopic (exact) mass is 228 g/mol. The zero-order valence-electron chi connectivity index (χ0n) is 8.34. The highest BCUT2D eigenvalue weighted by atomic mass is 32.1. The number of carbonyl (C=O) groups is 1. The van der Waals surface area contributed by atoms with Gasteiger partial charge in [-0.05, 0) is 0 Å². The van der Waals surface area contributed by atoms with Crippen molar-refractivity contribution < 1.29 is 9.53 Å². The maximum atomic E-state index is 11.5. The average Bonchev–Trinajstić information content (AvgIpc) is 2.73. The number of rotatable bonds is 3. The lowest BCUT2D eigenvalue weighted by atomic mass is 10.3. The first-order valence-corrected chi connectivity index (χ1v) is 5.39. The van der Waals surface area contributed by atoms with Crippen LogP contribution in [-0.2, 0) is 16.1 Å². The van der Waals surface area contributed by atoms with Gasteiger partial charge in [-0.25, -0.2) is 0 Å². The molecule has 0 aromatic carbocycles. The molecule has 1 unspecified atom stereocenters. The van der Waals surface area contributed by atoms with Gasteiger partial charge in [0.05, 0.1) is 0 Å². The van der Waals surface area contributed by atoms with Gasteiger partial charge in [0.1, 0.15) is 11.6 Å². The molecule has 0 saturated carbocycles. The lowest BCUT2D eigenvalue weighted by Gasteiger charge is -2.09. The second-order valence-corrected chi connectivity index (χ2v) is 4.42. The molecule has 1 aromatic heterocycles. The van der Waals surface area contributed by atoms with Crippen molar-refractivity contribution in [2.75, 3.05) is 18.6 Å². The van der Waals surface area contributed by atoms with Gasteiger partial charge in [0.15, 0.2) is 0 Å². The number of nitrogens with zero attached hydrogens (tertiary/aromatic N) is 3. The zero-order chi connectivity index (χ0) is 10.8. The molecule has 0 radical (unpaired) electrons. The van der Waals surface area contributed by atoms with E-state index in [4.69, 9.17) is 10.5 Å². The topological polar surface area (TPSA) is 81.3 Å². The SMILES string of the molecule is COCc1nnc(N2CC(N)CC2=O)s1. The summed E-state index contributed by atoms with van der Waals surface area (Å²) < 4.78 is 4.93. The molecule has 2 rings (SSSR count). The first kappa shape index (κ1) is 10.5. The van der Waals surface area contributed by atoms with E-state index < -0.39 is 0 Å². The molecule has 0 spiro atoms. The standard InChI is InChI=1S/C8H12N4O2S/c1-14-4-6-10-11-8(15-6)12-3-5(9)2-7(12)13/h5H,2-4,9H2,1H3. The van der Waals surface area contributed by atoms with Crippen molar-refractivity contribution in [3.05, 3.63) is 5.01 Å². The van der Waals surface area contributed by atoms with Gasteiger partial charge in [-0.1, -0.05) is 11.3 Å². The summed E-state index contributed by atoms with van der Waals surface area (Å²) in [5, 5.41) is 9.23. The fraction of sp³-hybridized carbons (Fsp3) is 0.625. The maximum Gasteiger partial charge on any atom is 0.230 e. The van der Waals surface area contributed by atoms with Crippen LogP contribution in [0.5, 0.6) is 0 Å². The third kappa shape index (κ3) is 2.14. The number of ether oxygens (including phenoxy) is 1. The van der Waals surface area contributed by atoms with Crippen LogP contribution >= 0.6 is 11.3 Å². The molecule has 0 bridgehead atoms. The van der Waals surface area contributed by atoms with Crippen molar-refractivity contribution in [2.45, 2.75) is 19.1 Å². The summed E-state index contributed by atoms with van der Waals surface area (Å²) in [6.07, 6.45) is 0.388. The Balaban J connectivity index is 2.12. The van der Waals surface area contributed by atoms with Crippen LogP contribution in [0.2, 0.25) is 0 Å². The van der Waals surface area contributed by atoms with Crippen molar-refractivity contribution in [1.29, 1.82) is 0 Å². The maximum absolute atomic E-state index is 11.5. The van der Waals surface area contributed by atoms with Crippen molar-refractivity contribution >= 4 is 22.4 Å². The molecule has 1 fully saturated rings. The predicted molar refractivity (Wildman–Crippen MR) is 55.6 cm³/mol. The Bertz CT molecular complexity index is 367. The van der Waals surface area contributed by atoms with E-state index >= 15 is 0 Å².